The maximum atomic E-state index is 10.4. The van der Waals surface area contributed by atoms with Crippen molar-refractivity contribution in [3.63, 3.8) is 0 Å². The lowest BCUT2D eigenvalue weighted by Gasteiger charge is -1.96. The van der Waals surface area contributed by atoms with Gasteiger partial charge in [0.15, 0.2) is 5.96 Å². The molecule has 0 spiro atoms. The molecule has 0 bridgehead atoms. The minimum absolute atomic E-state index is 0. The molecule has 0 atom stereocenters. The second-order valence-corrected chi connectivity index (χ2v) is 3.09. The van der Waals surface area contributed by atoms with E-state index in [1.165, 1.54) is 6.07 Å². The van der Waals surface area contributed by atoms with Crippen molar-refractivity contribution in [3.05, 3.63) is 17.0 Å². The van der Waals surface area contributed by atoms with E-state index >= 15 is 0 Å². The highest BCUT2D eigenvalue weighted by Crippen LogP contribution is 2.21. The van der Waals surface area contributed by atoms with Gasteiger partial charge in [0.25, 0.3) is 0 Å². The van der Waals surface area contributed by atoms with Crippen molar-refractivity contribution < 1.29 is 9.90 Å². The fourth-order valence-corrected chi connectivity index (χ4v) is 1.41. The zero-order chi connectivity index (χ0) is 9.14. The number of carbonyl (C=O) groups is 1. The molecule has 0 amide bonds. The van der Waals surface area contributed by atoms with E-state index < -0.39 is 5.97 Å². The summed E-state index contributed by atoms with van der Waals surface area (Å²) >= 11 is 1.04. The van der Waals surface area contributed by atoms with Gasteiger partial charge in [-0.05, 0) is 12.1 Å². The van der Waals surface area contributed by atoms with Gasteiger partial charge in [0.1, 0.15) is 4.88 Å². The van der Waals surface area contributed by atoms with Gasteiger partial charge >= 0.3 is 5.97 Å². The lowest BCUT2D eigenvalue weighted by Crippen LogP contribution is -2.19. The lowest BCUT2D eigenvalue weighted by molar-refractivity contribution is 0.0702. The molecule has 7 heteroatoms. The van der Waals surface area contributed by atoms with Gasteiger partial charge in [-0.3, -0.25) is 5.41 Å². The molecule has 1 aromatic rings. The summed E-state index contributed by atoms with van der Waals surface area (Å²) in [7, 11) is 0. The highest BCUT2D eigenvalue weighted by atomic mass is 35.5. The van der Waals surface area contributed by atoms with E-state index in [1.54, 1.807) is 6.07 Å². The van der Waals surface area contributed by atoms with Crippen LogP contribution in [0.2, 0.25) is 0 Å². The van der Waals surface area contributed by atoms with E-state index in [4.69, 9.17) is 16.2 Å². The number of guanidine groups is 1. The van der Waals surface area contributed by atoms with Crippen molar-refractivity contribution in [2.45, 2.75) is 0 Å². The Morgan fingerprint density at radius 1 is 1.62 bits per heavy atom. The highest BCUT2D eigenvalue weighted by Gasteiger charge is 2.06. The Morgan fingerprint density at radius 3 is 2.62 bits per heavy atom. The van der Waals surface area contributed by atoms with Crippen LogP contribution in [-0.2, 0) is 0 Å². The maximum absolute atomic E-state index is 10.4. The number of anilines is 1. The van der Waals surface area contributed by atoms with Crippen LogP contribution < -0.4 is 11.1 Å². The number of rotatable bonds is 2. The third kappa shape index (κ3) is 3.30. The maximum Gasteiger partial charge on any atom is 0.345 e. The molecule has 0 saturated heterocycles. The van der Waals surface area contributed by atoms with Gasteiger partial charge in [0, 0.05) is 0 Å². The van der Waals surface area contributed by atoms with Gasteiger partial charge in [0.2, 0.25) is 0 Å². The quantitative estimate of drug-likeness (QED) is 0.445. The van der Waals surface area contributed by atoms with Gasteiger partial charge in [-0.15, -0.1) is 23.7 Å². The molecule has 0 fully saturated rings. The Labute approximate surface area is 84.5 Å². The summed E-state index contributed by atoms with van der Waals surface area (Å²) < 4.78 is 0. The SMILES string of the molecule is Cl.N=C(N)Nc1ccc(C(=O)O)s1. The highest BCUT2D eigenvalue weighted by molar-refractivity contribution is 7.18. The molecule has 1 aromatic heterocycles. The van der Waals surface area contributed by atoms with Crippen LogP contribution in [0.4, 0.5) is 5.00 Å². The lowest BCUT2D eigenvalue weighted by atomic mass is 10.5. The molecule has 0 aliphatic heterocycles. The number of aromatic carboxylic acids is 1. The molecule has 1 heterocycles. The Kier molecular flexibility index (Phi) is 4.22. The second kappa shape index (κ2) is 4.68. The molecule has 5 nitrogen and oxygen atoms in total. The Morgan fingerprint density at radius 2 is 2.23 bits per heavy atom. The molecule has 0 unspecified atom stereocenters. The third-order valence-corrected chi connectivity index (χ3v) is 2.06. The smallest absolute Gasteiger partial charge is 0.345 e. The standard InChI is InChI=1S/C6H7N3O2S.ClH/c7-6(8)9-4-2-1-3(12-4)5(10)11;/h1-2H,(H,10,11)(H4,7,8,9);1H. The molecule has 0 radical (unpaired) electrons. The summed E-state index contributed by atoms with van der Waals surface area (Å²) in [4.78, 5) is 10.6. The Balaban J connectivity index is 0.00000144. The van der Waals surface area contributed by atoms with Crippen LogP contribution in [0, 0.1) is 5.41 Å². The van der Waals surface area contributed by atoms with E-state index in [1.807, 2.05) is 0 Å². The number of hydrogen-bond donors (Lipinski definition) is 4. The Bertz CT molecular complexity index is 325. The van der Waals surface area contributed by atoms with Crippen molar-refractivity contribution in [1.29, 1.82) is 5.41 Å². The normalized spacial score (nSPS) is 8.62. The molecule has 5 N–H and O–H groups in total. The Hall–Kier alpha value is -1.27. The van der Waals surface area contributed by atoms with Gasteiger partial charge < -0.3 is 16.2 Å². The summed E-state index contributed by atoms with van der Waals surface area (Å²) in [6.07, 6.45) is 0. The monoisotopic (exact) mass is 221 g/mol. The molecule has 1 rings (SSSR count). The zero-order valence-electron chi connectivity index (χ0n) is 6.40. The van der Waals surface area contributed by atoms with Crippen molar-refractivity contribution in [1.82, 2.24) is 0 Å². The predicted molar refractivity (Wildman–Crippen MR) is 54.1 cm³/mol. The molecule has 0 saturated carbocycles. The number of carboxylic acids is 1. The molecule has 13 heavy (non-hydrogen) atoms. The number of carboxylic acid groups (broad SMARTS) is 1. The third-order valence-electron chi connectivity index (χ3n) is 1.07. The number of halogens is 1. The van der Waals surface area contributed by atoms with Crippen LogP contribution in [0.3, 0.4) is 0 Å². The topological polar surface area (TPSA) is 99.2 Å². The fourth-order valence-electron chi connectivity index (χ4n) is 0.653. The van der Waals surface area contributed by atoms with E-state index in [0.717, 1.165) is 11.3 Å². The molecular weight excluding hydrogens is 214 g/mol. The van der Waals surface area contributed by atoms with Crippen LogP contribution in [0.5, 0.6) is 0 Å². The molecule has 72 valence electrons. The van der Waals surface area contributed by atoms with Crippen LogP contribution in [0.15, 0.2) is 12.1 Å². The number of thiophene rings is 1. The van der Waals surface area contributed by atoms with E-state index in [0.29, 0.717) is 5.00 Å². The summed E-state index contributed by atoms with van der Waals surface area (Å²) in [5, 5.41) is 18.5. The summed E-state index contributed by atoms with van der Waals surface area (Å²) in [5.41, 5.74) is 5.04. The predicted octanol–water partition coefficient (Wildman–Crippen LogP) is 1.17. The molecule has 0 aliphatic rings. The number of hydrogen-bond acceptors (Lipinski definition) is 3. The van der Waals surface area contributed by atoms with Crippen LogP contribution in [0.25, 0.3) is 0 Å². The zero-order valence-corrected chi connectivity index (χ0v) is 8.04. The first-order valence-electron chi connectivity index (χ1n) is 3.04. The number of nitrogens with two attached hydrogens (primary N) is 1. The summed E-state index contributed by atoms with van der Waals surface area (Å²) in [6.45, 7) is 0. The van der Waals surface area contributed by atoms with Crippen LogP contribution >= 0.6 is 23.7 Å². The van der Waals surface area contributed by atoms with Gasteiger partial charge in [-0.25, -0.2) is 4.79 Å². The number of nitrogens with one attached hydrogen (secondary N) is 2. The first kappa shape index (κ1) is 11.7. The van der Waals surface area contributed by atoms with Gasteiger partial charge in [0.05, 0.1) is 5.00 Å². The average molecular weight is 222 g/mol. The van der Waals surface area contributed by atoms with Crippen molar-refractivity contribution in [2.24, 2.45) is 5.73 Å². The molecular formula is C6H8ClN3O2S. The minimum atomic E-state index is -0.975. The largest absolute Gasteiger partial charge is 0.477 e. The average Bonchev–Trinajstić information content (AvgIpc) is 2.34. The van der Waals surface area contributed by atoms with Crippen molar-refractivity contribution >= 4 is 40.7 Å². The first-order chi connectivity index (χ1) is 5.59. The summed E-state index contributed by atoms with van der Waals surface area (Å²) in [5.74, 6) is -1.18. The second-order valence-electron chi connectivity index (χ2n) is 2.01. The van der Waals surface area contributed by atoms with Crippen LogP contribution in [-0.4, -0.2) is 17.0 Å². The summed E-state index contributed by atoms with van der Waals surface area (Å²) in [6, 6.07) is 3.02. The van der Waals surface area contributed by atoms with Gasteiger partial charge in [-0.1, -0.05) is 0 Å². The van der Waals surface area contributed by atoms with E-state index in [9.17, 15) is 4.79 Å². The fraction of sp³-hybridized carbons (Fsp3) is 0. The van der Waals surface area contributed by atoms with Crippen LogP contribution in [0.1, 0.15) is 9.67 Å². The molecule has 0 aliphatic carbocycles. The first-order valence-corrected chi connectivity index (χ1v) is 3.85. The van der Waals surface area contributed by atoms with E-state index in [2.05, 4.69) is 5.32 Å². The minimum Gasteiger partial charge on any atom is -0.477 e. The van der Waals surface area contributed by atoms with Crippen molar-refractivity contribution in [3.8, 4) is 0 Å². The van der Waals surface area contributed by atoms with Gasteiger partial charge in [-0.2, -0.15) is 0 Å². The van der Waals surface area contributed by atoms with Crippen molar-refractivity contribution in [2.75, 3.05) is 5.32 Å². The molecule has 0 aromatic carbocycles. The van der Waals surface area contributed by atoms with E-state index in [-0.39, 0.29) is 23.2 Å².